The summed E-state index contributed by atoms with van der Waals surface area (Å²) in [7, 11) is 0. The fourth-order valence-corrected chi connectivity index (χ4v) is 6.02. The van der Waals surface area contributed by atoms with E-state index in [-0.39, 0.29) is 12.6 Å². The van der Waals surface area contributed by atoms with Gasteiger partial charge in [-0.1, -0.05) is 44.4 Å². The molecule has 2 aliphatic carbocycles. The lowest BCUT2D eigenvalue weighted by Crippen LogP contribution is -2.45. The number of hydrogen-bond donors (Lipinski definition) is 1. The van der Waals surface area contributed by atoms with E-state index in [4.69, 9.17) is 4.74 Å². The molecule has 0 bridgehead atoms. The molecule has 0 aromatic rings. The van der Waals surface area contributed by atoms with Gasteiger partial charge in [-0.05, 0) is 86.3 Å². The normalized spacial score (nSPS) is 31.7. The van der Waals surface area contributed by atoms with E-state index >= 15 is 0 Å². The highest BCUT2D eigenvalue weighted by molar-refractivity contribution is 5.88. The summed E-state index contributed by atoms with van der Waals surface area (Å²) in [6, 6.07) is 0. The van der Waals surface area contributed by atoms with Crippen molar-refractivity contribution in [2.45, 2.75) is 79.6 Å². The number of fused-ring (bicyclic) bond motifs is 1. The van der Waals surface area contributed by atoms with Crippen molar-refractivity contribution in [2.75, 3.05) is 6.61 Å². The first kappa shape index (κ1) is 21.1. The number of cyclic esters (lactones) is 1. The fraction of sp³-hybridized carbons (Fsp3) is 0.640. The third-order valence-electron chi connectivity index (χ3n) is 7.55. The molecule has 1 saturated carbocycles. The van der Waals surface area contributed by atoms with Gasteiger partial charge in [-0.3, -0.25) is 0 Å². The molecular formula is C25H36O3. The number of aliphatic hydroxyl groups is 1. The summed E-state index contributed by atoms with van der Waals surface area (Å²) in [5.41, 5.74) is 5.73. The molecule has 1 N–H and O–H groups in total. The SMILES string of the molecule is CC1=CC(=O)O/C1=C\C=C(\CO)CCC1=C(C)CCC2C(C)(C)CCC[C@]12C. The third kappa shape index (κ3) is 4.05. The minimum atomic E-state index is -0.315. The van der Waals surface area contributed by atoms with Gasteiger partial charge < -0.3 is 9.84 Å². The lowest BCUT2D eigenvalue weighted by Gasteiger charge is -2.55. The summed E-state index contributed by atoms with van der Waals surface area (Å²) < 4.78 is 5.18. The molecule has 28 heavy (non-hydrogen) atoms. The van der Waals surface area contributed by atoms with E-state index in [0.29, 0.717) is 16.6 Å². The van der Waals surface area contributed by atoms with E-state index in [0.717, 1.165) is 29.9 Å². The smallest absolute Gasteiger partial charge is 0.336 e. The van der Waals surface area contributed by atoms with Crippen LogP contribution in [0.3, 0.4) is 0 Å². The molecule has 0 aromatic heterocycles. The van der Waals surface area contributed by atoms with Crippen LogP contribution in [-0.2, 0) is 9.53 Å². The molecule has 3 nitrogen and oxygen atoms in total. The van der Waals surface area contributed by atoms with E-state index in [1.807, 2.05) is 19.1 Å². The highest BCUT2D eigenvalue weighted by atomic mass is 16.5. The highest BCUT2D eigenvalue weighted by Crippen LogP contribution is 2.60. The molecular weight excluding hydrogens is 348 g/mol. The summed E-state index contributed by atoms with van der Waals surface area (Å²) >= 11 is 0. The molecule has 1 heterocycles. The van der Waals surface area contributed by atoms with Crippen LogP contribution in [0, 0.1) is 16.7 Å². The lowest BCUT2D eigenvalue weighted by molar-refractivity contribution is -0.132. The van der Waals surface area contributed by atoms with Crippen LogP contribution in [0.1, 0.15) is 79.6 Å². The van der Waals surface area contributed by atoms with Crippen molar-refractivity contribution < 1.29 is 14.6 Å². The van der Waals surface area contributed by atoms with Crippen LogP contribution in [0.5, 0.6) is 0 Å². The van der Waals surface area contributed by atoms with Crippen LogP contribution < -0.4 is 0 Å². The van der Waals surface area contributed by atoms with Gasteiger partial charge in [-0.25, -0.2) is 4.79 Å². The molecule has 0 amide bonds. The standard InChI is InChI=1S/C25H36O3/c1-17-7-12-22-24(3,4)13-6-14-25(22,5)20(17)10-8-19(16-26)9-11-21-18(2)15-23(27)28-21/h9,11,15,22,26H,6-8,10,12-14,16H2,1-5H3/b19-9+,21-11-/t22?,25-/m1/s1. The van der Waals surface area contributed by atoms with E-state index in [2.05, 4.69) is 27.7 Å². The molecule has 0 saturated heterocycles. The molecule has 1 aliphatic heterocycles. The summed E-state index contributed by atoms with van der Waals surface area (Å²) in [5.74, 6) is 1.02. The molecule has 1 fully saturated rings. The van der Waals surface area contributed by atoms with Crippen LogP contribution >= 0.6 is 0 Å². The highest BCUT2D eigenvalue weighted by Gasteiger charge is 2.49. The first-order valence-electron chi connectivity index (χ1n) is 10.8. The van der Waals surface area contributed by atoms with Crippen molar-refractivity contribution in [2.24, 2.45) is 16.7 Å². The molecule has 3 rings (SSSR count). The number of ether oxygens (including phenoxy) is 1. The number of hydrogen-bond acceptors (Lipinski definition) is 3. The van der Waals surface area contributed by atoms with Gasteiger partial charge in [0, 0.05) is 6.08 Å². The van der Waals surface area contributed by atoms with E-state index in [1.165, 1.54) is 38.2 Å². The van der Waals surface area contributed by atoms with Gasteiger partial charge in [0.1, 0.15) is 5.76 Å². The van der Waals surface area contributed by atoms with Crippen molar-refractivity contribution in [1.29, 1.82) is 0 Å². The Balaban J connectivity index is 1.76. The summed E-state index contributed by atoms with van der Waals surface area (Å²) in [6.07, 6.45) is 13.6. The van der Waals surface area contributed by atoms with E-state index < -0.39 is 0 Å². The van der Waals surface area contributed by atoms with Crippen LogP contribution in [-0.4, -0.2) is 17.7 Å². The maximum atomic E-state index is 11.4. The molecule has 2 atom stereocenters. The zero-order chi connectivity index (χ0) is 20.5. The molecule has 0 spiro atoms. The predicted octanol–water partition coefficient (Wildman–Crippen LogP) is 6.02. The topological polar surface area (TPSA) is 46.5 Å². The lowest BCUT2D eigenvalue weighted by atomic mass is 9.50. The fourth-order valence-electron chi connectivity index (χ4n) is 6.02. The largest absolute Gasteiger partial charge is 0.423 e. The Hall–Kier alpha value is -1.61. The zero-order valence-corrected chi connectivity index (χ0v) is 18.2. The van der Waals surface area contributed by atoms with E-state index in [1.54, 1.807) is 11.1 Å². The Morgan fingerprint density at radius 2 is 2.04 bits per heavy atom. The number of rotatable bonds is 5. The zero-order valence-electron chi connectivity index (χ0n) is 18.2. The van der Waals surface area contributed by atoms with Crippen LogP contribution in [0.4, 0.5) is 0 Å². The van der Waals surface area contributed by atoms with Crippen molar-refractivity contribution in [1.82, 2.24) is 0 Å². The van der Waals surface area contributed by atoms with Gasteiger partial charge in [-0.2, -0.15) is 0 Å². The Morgan fingerprint density at radius 3 is 2.68 bits per heavy atom. The maximum absolute atomic E-state index is 11.4. The summed E-state index contributed by atoms with van der Waals surface area (Å²) in [5, 5.41) is 9.86. The van der Waals surface area contributed by atoms with Crippen LogP contribution in [0.2, 0.25) is 0 Å². The van der Waals surface area contributed by atoms with Crippen LogP contribution in [0.15, 0.2) is 46.3 Å². The van der Waals surface area contributed by atoms with Gasteiger partial charge in [0.05, 0.1) is 6.61 Å². The average molecular weight is 385 g/mol. The number of carbonyl (C=O) groups is 1. The number of aliphatic hydroxyl groups excluding tert-OH is 1. The van der Waals surface area contributed by atoms with E-state index in [9.17, 15) is 9.90 Å². The van der Waals surface area contributed by atoms with Gasteiger partial charge in [0.25, 0.3) is 0 Å². The third-order valence-corrected chi connectivity index (χ3v) is 7.55. The monoisotopic (exact) mass is 384 g/mol. The molecule has 0 radical (unpaired) electrons. The van der Waals surface area contributed by atoms with Crippen molar-refractivity contribution >= 4 is 5.97 Å². The number of carbonyl (C=O) groups excluding carboxylic acids is 1. The van der Waals surface area contributed by atoms with Crippen molar-refractivity contribution in [3.05, 3.63) is 46.3 Å². The maximum Gasteiger partial charge on any atom is 0.336 e. The Kier molecular flexibility index (Phi) is 6.05. The van der Waals surface area contributed by atoms with Crippen molar-refractivity contribution in [3.63, 3.8) is 0 Å². The second-order valence-electron chi connectivity index (χ2n) is 9.87. The Labute approximate surface area is 170 Å². The first-order valence-corrected chi connectivity index (χ1v) is 10.8. The predicted molar refractivity (Wildman–Crippen MR) is 113 cm³/mol. The van der Waals surface area contributed by atoms with Gasteiger partial charge in [-0.15, -0.1) is 0 Å². The number of allylic oxidation sites excluding steroid dienone is 5. The van der Waals surface area contributed by atoms with Gasteiger partial charge >= 0.3 is 5.97 Å². The van der Waals surface area contributed by atoms with Crippen LogP contribution in [0.25, 0.3) is 0 Å². The van der Waals surface area contributed by atoms with Crippen molar-refractivity contribution in [3.8, 4) is 0 Å². The molecule has 3 heteroatoms. The van der Waals surface area contributed by atoms with Gasteiger partial charge in [0.2, 0.25) is 0 Å². The quantitative estimate of drug-likeness (QED) is 0.466. The molecule has 1 unspecified atom stereocenters. The van der Waals surface area contributed by atoms with Gasteiger partial charge in [0.15, 0.2) is 0 Å². The minimum Gasteiger partial charge on any atom is -0.423 e. The summed E-state index contributed by atoms with van der Waals surface area (Å²) in [4.78, 5) is 11.4. The number of esters is 1. The second-order valence-corrected chi connectivity index (χ2v) is 9.87. The Morgan fingerprint density at radius 1 is 1.29 bits per heavy atom. The first-order chi connectivity index (χ1) is 13.2. The Bertz CT molecular complexity index is 763. The average Bonchev–Trinajstić information content (AvgIpc) is 2.93. The second kappa shape index (κ2) is 8.02. The summed E-state index contributed by atoms with van der Waals surface area (Å²) in [6.45, 7) is 11.6. The minimum absolute atomic E-state index is 0.0401. The molecule has 154 valence electrons. The molecule has 0 aromatic carbocycles. The molecule has 3 aliphatic rings.